The lowest BCUT2D eigenvalue weighted by molar-refractivity contribution is 0.187. The van der Waals surface area contributed by atoms with Gasteiger partial charge in [-0.2, -0.15) is 0 Å². The first kappa shape index (κ1) is 17.6. The lowest BCUT2D eigenvalue weighted by atomic mass is 10.2. The largest absolute Gasteiger partial charge is 0.453 e. The molecule has 24 heavy (non-hydrogen) atoms. The van der Waals surface area contributed by atoms with Crippen molar-refractivity contribution in [1.29, 1.82) is 0 Å². The Morgan fingerprint density at radius 2 is 2.04 bits per heavy atom. The zero-order chi connectivity index (χ0) is 17.5. The fourth-order valence-corrected chi connectivity index (χ4v) is 2.34. The molecule has 2 aromatic rings. The van der Waals surface area contributed by atoms with Crippen molar-refractivity contribution in [1.82, 2.24) is 0 Å². The number of terminal acetylenes is 1. The number of ether oxygens (including phenoxy) is 1. The number of carbonyl (C=O) groups is 1. The molecule has 0 spiro atoms. The van der Waals surface area contributed by atoms with E-state index in [2.05, 4.69) is 16.0 Å². The van der Waals surface area contributed by atoms with Crippen LogP contribution in [0.25, 0.3) is 0 Å². The standard InChI is InChI=1S/C18H16ClFN2O2/c1-3-10-22(12-13-4-6-14(20)7-5-13)15-8-9-17(16(19)11-15)21-18(23)24-2/h1,4-9,11H,10,12H2,2H3,(H,21,23). The van der Waals surface area contributed by atoms with Crippen molar-refractivity contribution in [3.63, 3.8) is 0 Å². The summed E-state index contributed by atoms with van der Waals surface area (Å²) in [5.41, 5.74) is 2.15. The Labute approximate surface area is 145 Å². The number of carbonyl (C=O) groups excluding carboxylic acids is 1. The number of hydrogen-bond donors (Lipinski definition) is 1. The molecular formula is C18H16ClFN2O2. The number of nitrogens with zero attached hydrogens (tertiary/aromatic N) is 1. The molecule has 0 unspecified atom stereocenters. The lowest BCUT2D eigenvalue weighted by Gasteiger charge is -2.23. The number of nitrogens with one attached hydrogen (secondary N) is 1. The summed E-state index contributed by atoms with van der Waals surface area (Å²) in [5.74, 6) is 2.30. The van der Waals surface area contributed by atoms with Gasteiger partial charge in [-0.25, -0.2) is 9.18 Å². The summed E-state index contributed by atoms with van der Waals surface area (Å²) in [5, 5.41) is 2.88. The van der Waals surface area contributed by atoms with Gasteiger partial charge in [0.1, 0.15) is 5.82 Å². The smallest absolute Gasteiger partial charge is 0.411 e. The maximum atomic E-state index is 13.0. The van der Waals surface area contributed by atoms with Crippen LogP contribution in [0.15, 0.2) is 42.5 Å². The molecule has 4 nitrogen and oxygen atoms in total. The second kappa shape index (κ2) is 8.23. The summed E-state index contributed by atoms with van der Waals surface area (Å²) in [4.78, 5) is 13.2. The molecule has 1 N–H and O–H groups in total. The van der Waals surface area contributed by atoms with E-state index >= 15 is 0 Å². The fraction of sp³-hybridized carbons (Fsp3) is 0.167. The second-order valence-electron chi connectivity index (χ2n) is 4.97. The van der Waals surface area contributed by atoms with Crippen LogP contribution in [-0.2, 0) is 11.3 Å². The van der Waals surface area contributed by atoms with Crippen LogP contribution in [-0.4, -0.2) is 19.7 Å². The Bertz CT molecular complexity index is 757. The van der Waals surface area contributed by atoms with Gasteiger partial charge in [0, 0.05) is 12.2 Å². The minimum Gasteiger partial charge on any atom is -0.453 e. The summed E-state index contributed by atoms with van der Waals surface area (Å²) >= 11 is 6.20. The van der Waals surface area contributed by atoms with Gasteiger partial charge in [-0.3, -0.25) is 5.32 Å². The number of hydrogen-bond acceptors (Lipinski definition) is 3. The predicted octanol–water partition coefficient (Wildman–Crippen LogP) is 4.30. The molecule has 0 atom stereocenters. The summed E-state index contributed by atoms with van der Waals surface area (Å²) in [7, 11) is 1.27. The highest BCUT2D eigenvalue weighted by Crippen LogP contribution is 2.28. The van der Waals surface area contributed by atoms with Crippen LogP contribution in [0.4, 0.5) is 20.6 Å². The summed E-state index contributed by atoms with van der Waals surface area (Å²) < 4.78 is 17.6. The molecule has 0 radical (unpaired) electrons. The van der Waals surface area contributed by atoms with Gasteiger partial charge in [-0.1, -0.05) is 29.7 Å². The first-order valence-corrected chi connectivity index (χ1v) is 7.48. The number of benzene rings is 2. The van der Waals surface area contributed by atoms with Gasteiger partial charge in [-0.15, -0.1) is 6.42 Å². The second-order valence-corrected chi connectivity index (χ2v) is 5.37. The Morgan fingerprint density at radius 3 is 2.62 bits per heavy atom. The van der Waals surface area contributed by atoms with Gasteiger partial charge in [0.2, 0.25) is 0 Å². The third kappa shape index (κ3) is 4.64. The zero-order valence-corrected chi connectivity index (χ0v) is 13.8. The van der Waals surface area contributed by atoms with Gasteiger partial charge < -0.3 is 9.64 Å². The van der Waals surface area contributed by atoms with Crippen molar-refractivity contribution in [2.75, 3.05) is 23.9 Å². The average molecular weight is 347 g/mol. The van der Waals surface area contributed by atoms with Crippen LogP contribution in [0.2, 0.25) is 5.02 Å². The highest BCUT2D eigenvalue weighted by Gasteiger charge is 2.11. The van der Waals surface area contributed by atoms with E-state index in [9.17, 15) is 9.18 Å². The Hall–Kier alpha value is -2.71. The van der Waals surface area contributed by atoms with Gasteiger partial charge in [0.25, 0.3) is 0 Å². The highest BCUT2D eigenvalue weighted by atomic mass is 35.5. The Balaban J connectivity index is 2.21. The van der Waals surface area contributed by atoms with Crippen molar-refractivity contribution in [2.24, 2.45) is 0 Å². The quantitative estimate of drug-likeness (QED) is 0.821. The molecule has 6 heteroatoms. The molecule has 0 aliphatic carbocycles. The van der Waals surface area contributed by atoms with Crippen LogP contribution >= 0.6 is 11.6 Å². The van der Waals surface area contributed by atoms with Crippen molar-refractivity contribution < 1.29 is 13.9 Å². The Kier molecular flexibility index (Phi) is 6.05. The van der Waals surface area contributed by atoms with Crippen LogP contribution in [0.5, 0.6) is 0 Å². The number of halogens is 2. The molecule has 0 fully saturated rings. The van der Waals surface area contributed by atoms with Crippen LogP contribution in [0, 0.1) is 18.2 Å². The number of amides is 1. The molecule has 2 rings (SSSR count). The summed E-state index contributed by atoms with van der Waals surface area (Å²) in [6, 6.07) is 11.4. The molecule has 0 aromatic heterocycles. The molecule has 0 heterocycles. The first-order chi connectivity index (χ1) is 11.5. The van der Waals surface area contributed by atoms with Gasteiger partial charge in [0.05, 0.1) is 24.4 Å². The first-order valence-electron chi connectivity index (χ1n) is 7.11. The number of rotatable bonds is 5. The predicted molar refractivity (Wildman–Crippen MR) is 93.8 cm³/mol. The lowest BCUT2D eigenvalue weighted by Crippen LogP contribution is -2.23. The van der Waals surface area contributed by atoms with Crippen LogP contribution < -0.4 is 10.2 Å². The van der Waals surface area contributed by atoms with E-state index in [1.54, 1.807) is 30.3 Å². The molecule has 124 valence electrons. The molecule has 0 bridgehead atoms. The van der Waals surface area contributed by atoms with Gasteiger partial charge in [0.15, 0.2) is 0 Å². The molecule has 0 aliphatic heterocycles. The van der Waals surface area contributed by atoms with E-state index < -0.39 is 6.09 Å². The van der Waals surface area contributed by atoms with Crippen molar-refractivity contribution in [2.45, 2.75) is 6.54 Å². The minimum atomic E-state index is -0.601. The van der Waals surface area contributed by atoms with E-state index in [0.717, 1.165) is 11.3 Å². The van der Waals surface area contributed by atoms with E-state index in [1.165, 1.54) is 19.2 Å². The van der Waals surface area contributed by atoms with Crippen LogP contribution in [0.1, 0.15) is 5.56 Å². The van der Waals surface area contributed by atoms with E-state index in [1.807, 2.05) is 4.90 Å². The SMILES string of the molecule is C#CCN(Cc1ccc(F)cc1)c1ccc(NC(=O)OC)c(Cl)c1. The molecule has 0 saturated heterocycles. The van der Waals surface area contributed by atoms with E-state index in [-0.39, 0.29) is 5.82 Å². The highest BCUT2D eigenvalue weighted by molar-refractivity contribution is 6.34. The van der Waals surface area contributed by atoms with Gasteiger partial charge in [-0.05, 0) is 35.9 Å². The number of anilines is 2. The Morgan fingerprint density at radius 1 is 1.33 bits per heavy atom. The summed E-state index contributed by atoms with van der Waals surface area (Å²) in [6.07, 6.45) is 4.84. The normalized spacial score (nSPS) is 9.92. The average Bonchev–Trinajstić information content (AvgIpc) is 2.58. The van der Waals surface area contributed by atoms with Crippen molar-refractivity contribution >= 4 is 29.1 Å². The number of methoxy groups -OCH3 is 1. The van der Waals surface area contributed by atoms with Crippen molar-refractivity contribution in [3.8, 4) is 12.3 Å². The molecule has 0 saturated carbocycles. The molecule has 1 amide bonds. The van der Waals surface area contributed by atoms with Crippen LogP contribution in [0.3, 0.4) is 0 Å². The zero-order valence-electron chi connectivity index (χ0n) is 13.1. The van der Waals surface area contributed by atoms with E-state index in [4.69, 9.17) is 18.0 Å². The van der Waals surface area contributed by atoms with Crippen molar-refractivity contribution in [3.05, 3.63) is 58.9 Å². The minimum absolute atomic E-state index is 0.288. The maximum absolute atomic E-state index is 13.0. The topological polar surface area (TPSA) is 41.6 Å². The third-order valence-corrected chi connectivity index (χ3v) is 3.62. The van der Waals surface area contributed by atoms with Gasteiger partial charge >= 0.3 is 6.09 Å². The van der Waals surface area contributed by atoms with E-state index in [0.29, 0.717) is 23.8 Å². The fourth-order valence-electron chi connectivity index (χ4n) is 2.12. The molecule has 2 aromatic carbocycles. The third-order valence-electron chi connectivity index (χ3n) is 3.31. The monoisotopic (exact) mass is 346 g/mol. The molecular weight excluding hydrogens is 331 g/mol. The summed E-state index contributed by atoms with van der Waals surface area (Å²) in [6.45, 7) is 0.863. The molecule has 0 aliphatic rings. The maximum Gasteiger partial charge on any atom is 0.411 e.